The van der Waals surface area contributed by atoms with Crippen molar-refractivity contribution in [2.24, 2.45) is 5.92 Å². The molecule has 1 amide bonds. The highest BCUT2D eigenvalue weighted by Crippen LogP contribution is 2.96. The summed E-state index contributed by atoms with van der Waals surface area (Å²) in [6.45, 7) is 0. The first-order valence-electron chi connectivity index (χ1n) is 11.5. The van der Waals surface area contributed by atoms with Gasteiger partial charge in [0.15, 0.2) is 0 Å². The average Bonchev–Trinajstić information content (AvgIpc) is 3.47. The van der Waals surface area contributed by atoms with E-state index in [1.807, 2.05) is 6.07 Å². The Morgan fingerprint density at radius 3 is 2.74 bits per heavy atom. The number of pyridine rings is 1. The van der Waals surface area contributed by atoms with Crippen molar-refractivity contribution < 1.29 is 22.7 Å². The van der Waals surface area contributed by atoms with E-state index in [2.05, 4.69) is 32.4 Å². The summed E-state index contributed by atoms with van der Waals surface area (Å²) in [5.41, 5.74) is 3.56. The van der Waals surface area contributed by atoms with E-state index in [0.717, 1.165) is 29.3 Å². The van der Waals surface area contributed by atoms with Crippen LogP contribution in [-0.2, 0) is 22.8 Å². The van der Waals surface area contributed by atoms with Gasteiger partial charge in [-0.05, 0) is 59.9 Å². The van der Waals surface area contributed by atoms with Crippen LogP contribution in [0.25, 0.3) is 11.0 Å². The fourth-order valence-corrected chi connectivity index (χ4v) is 6.53. The summed E-state index contributed by atoms with van der Waals surface area (Å²) in [6, 6.07) is 11.6. The molecule has 2 aromatic carbocycles. The Balaban J connectivity index is 1.10. The lowest BCUT2D eigenvalue weighted by Gasteiger charge is -2.19. The topological polar surface area (TPSA) is 79.9 Å². The summed E-state index contributed by atoms with van der Waals surface area (Å²) < 4.78 is 45.6. The van der Waals surface area contributed by atoms with Crippen molar-refractivity contribution in [2.75, 3.05) is 5.32 Å². The number of rotatable bonds is 3. The van der Waals surface area contributed by atoms with Crippen molar-refractivity contribution in [3.8, 4) is 11.5 Å². The Morgan fingerprint density at radius 1 is 1.03 bits per heavy atom. The number of carbonyl (C=O) groups is 1. The normalized spacial score (nSPS) is 27.2. The molecule has 5 aliphatic rings. The minimum atomic E-state index is -4.38. The molecular weight excluding hydrogens is 457 g/mol. The van der Waals surface area contributed by atoms with Gasteiger partial charge in [0.1, 0.15) is 23.1 Å². The molecule has 35 heavy (non-hydrogen) atoms. The smallest absolute Gasteiger partial charge is 0.416 e. The molecule has 9 rings (SSSR count). The second kappa shape index (κ2) is 6.02. The summed E-state index contributed by atoms with van der Waals surface area (Å²) in [7, 11) is 0. The summed E-state index contributed by atoms with van der Waals surface area (Å²) in [5.74, 6) is 3.78. The zero-order valence-corrected chi connectivity index (χ0v) is 18.1. The number of aromatic amines is 1. The molecule has 0 spiro atoms. The van der Waals surface area contributed by atoms with Crippen LogP contribution in [0.15, 0.2) is 48.7 Å². The summed E-state index contributed by atoms with van der Waals surface area (Å²) >= 11 is 0. The van der Waals surface area contributed by atoms with Crippen molar-refractivity contribution in [3.05, 3.63) is 76.7 Å². The first-order valence-corrected chi connectivity index (χ1v) is 11.5. The molecule has 0 radical (unpaired) electrons. The molecule has 3 heterocycles. The lowest BCUT2D eigenvalue weighted by Crippen LogP contribution is -2.20. The third-order valence-corrected chi connectivity index (χ3v) is 8.13. The second-order valence-corrected chi connectivity index (χ2v) is 9.81. The van der Waals surface area contributed by atoms with Crippen LogP contribution < -0.4 is 10.1 Å². The van der Waals surface area contributed by atoms with E-state index < -0.39 is 11.7 Å². The first-order chi connectivity index (χ1) is 16.9. The zero-order chi connectivity index (χ0) is 23.7. The molecule has 2 aromatic heterocycles. The van der Waals surface area contributed by atoms with Crippen molar-refractivity contribution in [2.45, 2.75) is 36.3 Å². The quantitative estimate of drug-likeness (QED) is 0.416. The lowest BCUT2D eigenvalue weighted by molar-refractivity contribution is -0.137. The number of benzene rings is 2. The number of carbonyl (C=O) groups excluding carboxylic acids is 1. The summed E-state index contributed by atoms with van der Waals surface area (Å²) in [5, 5.41) is 2.79. The molecule has 2 N–H and O–H groups in total. The van der Waals surface area contributed by atoms with Gasteiger partial charge < -0.3 is 15.0 Å². The predicted molar refractivity (Wildman–Crippen MR) is 119 cm³/mol. The van der Waals surface area contributed by atoms with Crippen LogP contribution in [0, 0.1) is 5.92 Å². The van der Waals surface area contributed by atoms with E-state index in [4.69, 9.17) is 4.74 Å². The van der Waals surface area contributed by atoms with Gasteiger partial charge in [0.05, 0.1) is 16.6 Å². The van der Waals surface area contributed by atoms with Crippen molar-refractivity contribution >= 4 is 22.8 Å². The number of ether oxygens (including phenoxy) is 1. The van der Waals surface area contributed by atoms with Gasteiger partial charge in [0.2, 0.25) is 5.91 Å². The van der Waals surface area contributed by atoms with Crippen LogP contribution in [0.2, 0.25) is 0 Å². The molecular formula is C26H17F3N4O2. The number of fused-ring (bicyclic) bond motifs is 2. The van der Waals surface area contributed by atoms with E-state index in [0.29, 0.717) is 53.2 Å². The monoisotopic (exact) mass is 474 g/mol. The number of hydrogen-bond acceptors (Lipinski definition) is 4. The Morgan fingerprint density at radius 2 is 1.89 bits per heavy atom. The molecule has 174 valence electrons. The third kappa shape index (κ3) is 2.42. The number of aromatic nitrogens is 3. The number of H-pyrrole nitrogens is 1. The van der Waals surface area contributed by atoms with Gasteiger partial charge in [0.25, 0.3) is 0 Å². The number of hydrogen-bond donors (Lipinski definition) is 2. The van der Waals surface area contributed by atoms with E-state index in [9.17, 15) is 18.0 Å². The van der Waals surface area contributed by atoms with E-state index >= 15 is 0 Å². The summed E-state index contributed by atoms with van der Waals surface area (Å²) in [4.78, 5) is 23.8. The zero-order valence-electron chi connectivity index (χ0n) is 18.1. The fourth-order valence-electron chi connectivity index (χ4n) is 6.53. The number of halogens is 3. The second-order valence-electron chi connectivity index (χ2n) is 9.81. The Hall–Kier alpha value is -3.88. The summed E-state index contributed by atoms with van der Waals surface area (Å²) in [6.07, 6.45) is -1.79. The SMILES string of the molecule is O=C1CCc2c(Oc3ccc4c(c3)[C@@H]3[C@@H]5C4[C@]35c3nc4ccc(C(F)(F)F)cc4[nH]3)ccnc2N1. The maximum Gasteiger partial charge on any atom is 0.416 e. The van der Waals surface area contributed by atoms with Gasteiger partial charge in [0, 0.05) is 35.4 Å². The van der Waals surface area contributed by atoms with Gasteiger partial charge >= 0.3 is 6.18 Å². The van der Waals surface area contributed by atoms with Crippen molar-refractivity contribution in [1.29, 1.82) is 0 Å². The molecule has 1 aliphatic heterocycles. The van der Waals surface area contributed by atoms with Gasteiger partial charge in [-0.15, -0.1) is 0 Å². The van der Waals surface area contributed by atoms with Crippen LogP contribution in [0.1, 0.15) is 46.3 Å². The highest BCUT2D eigenvalue weighted by Gasteiger charge is 2.93. The van der Waals surface area contributed by atoms with Crippen molar-refractivity contribution in [3.63, 3.8) is 0 Å². The minimum Gasteiger partial charge on any atom is -0.457 e. The van der Waals surface area contributed by atoms with Crippen LogP contribution in [0.5, 0.6) is 11.5 Å². The standard InChI is InChI=1S/C26H17F3N4O2/c27-26(28,29)11-1-5-16-17(9-11)32-24(31-16)25-20-13-3-2-12(10-15(13)21(25)22(20)25)35-18-7-8-30-23-14(18)4-6-19(34)33-23/h1-3,5,7-10,20-22H,4,6H2,(H,31,32)(H,30,33,34)/t20?,21-,22+,25+/m1/s1. The van der Waals surface area contributed by atoms with Gasteiger partial charge in [-0.1, -0.05) is 6.07 Å². The number of anilines is 1. The number of imidazole rings is 1. The van der Waals surface area contributed by atoms with Gasteiger partial charge in [-0.2, -0.15) is 13.2 Å². The fraction of sp³-hybridized carbons (Fsp3) is 0.269. The Labute approximate surface area is 196 Å². The van der Waals surface area contributed by atoms with Gasteiger partial charge in [-0.3, -0.25) is 4.79 Å². The Kier molecular flexibility index (Phi) is 3.34. The number of alkyl halides is 3. The molecule has 0 saturated heterocycles. The molecule has 2 fully saturated rings. The van der Waals surface area contributed by atoms with Gasteiger partial charge in [-0.25, -0.2) is 9.97 Å². The molecule has 4 aliphatic carbocycles. The van der Waals surface area contributed by atoms with E-state index in [1.54, 1.807) is 12.3 Å². The number of amides is 1. The van der Waals surface area contributed by atoms with Crippen LogP contribution in [0.3, 0.4) is 0 Å². The third-order valence-electron chi connectivity index (χ3n) is 8.13. The Bertz CT molecular complexity index is 1610. The highest BCUT2D eigenvalue weighted by atomic mass is 19.4. The number of nitrogens with one attached hydrogen (secondary N) is 2. The minimum absolute atomic E-state index is 0.0482. The molecule has 6 nitrogen and oxygen atoms in total. The maximum atomic E-state index is 13.1. The lowest BCUT2D eigenvalue weighted by atomic mass is 10.0. The highest BCUT2D eigenvalue weighted by molar-refractivity contribution is 5.93. The molecule has 9 heteroatoms. The first kappa shape index (κ1) is 19.4. The van der Waals surface area contributed by atoms with E-state index in [-0.39, 0.29) is 11.3 Å². The maximum absolute atomic E-state index is 13.1. The molecule has 2 bridgehead atoms. The van der Waals surface area contributed by atoms with Crippen LogP contribution in [0.4, 0.5) is 19.0 Å². The van der Waals surface area contributed by atoms with Crippen LogP contribution in [-0.4, -0.2) is 20.9 Å². The van der Waals surface area contributed by atoms with Crippen LogP contribution >= 0.6 is 0 Å². The largest absolute Gasteiger partial charge is 0.457 e. The number of nitrogens with zero attached hydrogens (tertiary/aromatic N) is 2. The van der Waals surface area contributed by atoms with E-state index in [1.165, 1.54) is 17.2 Å². The molecule has 2 saturated carbocycles. The molecule has 1 unspecified atom stereocenters. The molecule has 4 aromatic rings. The van der Waals surface area contributed by atoms with Crippen molar-refractivity contribution in [1.82, 2.24) is 15.0 Å². The predicted octanol–water partition coefficient (Wildman–Crippen LogP) is 5.42. The molecule has 4 atom stereocenters. The average molecular weight is 474 g/mol.